The van der Waals surface area contributed by atoms with Crippen molar-refractivity contribution in [2.75, 3.05) is 11.9 Å². The third-order valence-corrected chi connectivity index (χ3v) is 4.06. The third-order valence-electron chi connectivity index (χ3n) is 4.06. The molecular formula is C20H17N3O2. The predicted octanol–water partition coefficient (Wildman–Crippen LogP) is 3.35. The zero-order chi connectivity index (χ0) is 17.1. The number of hydrogen-bond donors (Lipinski definition) is 1. The Bertz CT molecular complexity index is 929. The molecule has 1 aliphatic rings. The third kappa shape index (κ3) is 3.30. The number of amides is 1. The van der Waals surface area contributed by atoms with E-state index in [4.69, 9.17) is 4.74 Å². The van der Waals surface area contributed by atoms with Crippen LogP contribution in [0.1, 0.15) is 11.1 Å². The van der Waals surface area contributed by atoms with E-state index in [9.17, 15) is 4.79 Å². The summed E-state index contributed by atoms with van der Waals surface area (Å²) in [6, 6.07) is 17.7. The van der Waals surface area contributed by atoms with Gasteiger partial charge in [0, 0.05) is 18.0 Å². The second kappa shape index (κ2) is 6.65. The number of carbonyl (C=O) groups excluding carboxylic acids is 1. The van der Waals surface area contributed by atoms with Crippen molar-refractivity contribution in [2.24, 2.45) is 0 Å². The molecule has 2 heterocycles. The summed E-state index contributed by atoms with van der Waals surface area (Å²) in [6.45, 7) is 0.900. The fourth-order valence-corrected chi connectivity index (χ4v) is 2.77. The second-order valence-corrected chi connectivity index (χ2v) is 5.81. The Labute approximate surface area is 145 Å². The zero-order valence-corrected chi connectivity index (χ0v) is 13.6. The molecule has 0 saturated heterocycles. The molecule has 2 aromatic carbocycles. The van der Waals surface area contributed by atoms with E-state index in [0.29, 0.717) is 18.1 Å². The SMILES string of the molecule is O=C(Nc1nccn1Cc1ccccc1)C1=Cc2ccccc2OC1. The van der Waals surface area contributed by atoms with E-state index in [1.807, 2.05) is 71.4 Å². The minimum atomic E-state index is -0.199. The molecule has 0 spiro atoms. The van der Waals surface area contributed by atoms with Crippen LogP contribution in [0.25, 0.3) is 6.08 Å². The van der Waals surface area contributed by atoms with Crippen LogP contribution in [0.5, 0.6) is 5.75 Å². The highest BCUT2D eigenvalue weighted by Crippen LogP contribution is 2.26. The lowest BCUT2D eigenvalue weighted by atomic mass is 10.1. The summed E-state index contributed by atoms with van der Waals surface area (Å²) in [6.07, 6.45) is 5.39. The van der Waals surface area contributed by atoms with Crippen LogP contribution in [0.2, 0.25) is 0 Å². The molecule has 3 aromatic rings. The van der Waals surface area contributed by atoms with Gasteiger partial charge in [-0.1, -0.05) is 48.5 Å². The van der Waals surface area contributed by atoms with Crippen LogP contribution in [0.15, 0.2) is 72.6 Å². The molecule has 0 fully saturated rings. The standard InChI is InChI=1S/C20H17N3O2/c24-19(17-12-16-8-4-5-9-18(16)25-14-17)22-20-21-10-11-23(20)13-15-6-2-1-3-7-15/h1-12H,13-14H2,(H,21,22,24). The molecule has 0 atom stereocenters. The van der Waals surface area contributed by atoms with Gasteiger partial charge in [0.25, 0.3) is 5.91 Å². The summed E-state index contributed by atoms with van der Waals surface area (Å²) in [5, 5.41) is 2.88. The van der Waals surface area contributed by atoms with Gasteiger partial charge >= 0.3 is 0 Å². The lowest BCUT2D eigenvalue weighted by molar-refractivity contribution is -0.113. The number of ether oxygens (including phenoxy) is 1. The van der Waals surface area contributed by atoms with E-state index in [1.165, 1.54) is 0 Å². The molecule has 1 aliphatic heterocycles. The Kier molecular flexibility index (Phi) is 4.04. The number of nitrogens with zero attached hydrogens (tertiary/aromatic N) is 2. The molecule has 0 radical (unpaired) electrons. The monoisotopic (exact) mass is 331 g/mol. The number of fused-ring (bicyclic) bond motifs is 1. The molecular weight excluding hydrogens is 314 g/mol. The predicted molar refractivity (Wildman–Crippen MR) is 96.3 cm³/mol. The number of para-hydroxylation sites is 1. The van der Waals surface area contributed by atoms with Gasteiger partial charge in [0.05, 0.1) is 12.1 Å². The molecule has 0 saturated carbocycles. The van der Waals surface area contributed by atoms with Crippen molar-refractivity contribution in [2.45, 2.75) is 6.54 Å². The van der Waals surface area contributed by atoms with Crippen molar-refractivity contribution in [3.8, 4) is 5.75 Å². The summed E-state index contributed by atoms with van der Waals surface area (Å²) in [4.78, 5) is 16.8. The van der Waals surface area contributed by atoms with E-state index in [1.54, 1.807) is 6.20 Å². The van der Waals surface area contributed by atoms with Gasteiger partial charge in [0.2, 0.25) is 5.95 Å². The average Bonchev–Trinajstić information content (AvgIpc) is 3.08. The van der Waals surface area contributed by atoms with E-state index < -0.39 is 0 Å². The van der Waals surface area contributed by atoms with E-state index >= 15 is 0 Å². The van der Waals surface area contributed by atoms with Gasteiger partial charge < -0.3 is 9.30 Å². The van der Waals surface area contributed by atoms with Gasteiger partial charge in [0.1, 0.15) is 12.4 Å². The first-order valence-electron chi connectivity index (χ1n) is 8.08. The molecule has 4 rings (SSSR count). The van der Waals surface area contributed by atoms with Gasteiger partial charge in [-0.25, -0.2) is 4.98 Å². The van der Waals surface area contributed by atoms with Crippen LogP contribution >= 0.6 is 0 Å². The molecule has 1 aromatic heterocycles. The van der Waals surface area contributed by atoms with Crippen LogP contribution in [0.3, 0.4) is 0 Å². The summed E-state index contributed by atoms with van der Waals surface area (Å²) >= 11 is 0. The zero-order valence-electron chi connectivity index (χ0n) is 13.6. The number of hydrogen-bond acceptors (Lipinski definition) is 3. The normalized spacial score (nSPS) is 12.7. The fourth-order valence-electron chi connectivity index (χ4n) is 2.77. The van der Waals surface area contributed by atoms with Gasteiger partial charge in [0.15, 0.2) is 0 Å². The maximum absolute atomic E-state index is 12.6. The molecule has 0 aliphatic carbocycles. The highest BCUT2D eigenvalue weighted by molar-refractivity contribution is 6.06. The fraction of sp³-hybridized carbons (Fsp3) is 0.100. The van der Waals surface area contributed by atoms with Crippen molar-refractivity contribution in [3.05, 3.63) is 83.7 Å². The average molecular weight is 331 g/mol. The van der Waals surface area contributed by atoms with Crippen LogP contribution in [-0.4, -0.2) is 22.1 Å². The lowest BCUT2D eigenvalue weighted by Gasteiger charge is -2.17. The van der Waals surface area contributed by atoms with E-state index in [0.717, 1.165) is 16.9 Å². The first-order valence-corrected chi connectivity index (χ1v) is 8.08. The largest absolute Gasteiger partial charge is 0.488 e. The number of anilines is 1. The maximum atomic E-state index is 12.6. The minimum Gasteiger partial charge on any atom is -0.488 e. The smallest absolute Gasteiger partial charge is 0.257 e. The summed E-state index contributed by atoms with van der Waals surface area (Å²) in [7, 11) is 0. The molecule has 5 heteroatoms. The van der Waals surface area contributed by atoms with Crippen molar-refractivity contribution in [1.82, 2.24) is 9.55 Å². The van der Waals surface area contributed by atoms with Gasteiger partial charge in [-0.05, 0) is 17.7 Å². The highest BCUT2D eigenvalue weighted by atomic mass is 16.5. The van der Waals surface area contributed by atoms with Crippen LogP contribution in [-0.2, 0) is 11.3 Å². The summed E-state index contributed by atoms with van der Waals surface area (Å²) < 4.78 is 7.55. The van der Waals surface area contributed by atoms with Crippen molar-refractivity contribution in [1.29, 1.82) is 0 Å². The Morgan fingerprint density at radius 2 is 1.92 bits per heavy atom. The molecule has 1 N–H and O–H groups in total. The molecule has 1 amide bonds. The number of carbonyl (C=O) groups is 1. The van der Waals surface area contributed by atoms with Crippen molar-refractivity contribution >= 4 is 17.9 Å². The molecule has 25 heavy (non-hydrogen) atoms. The van der Waals surface area contributed by atoms with Crippen molar-refractivity contribution < 1.29 is 9.53 Å². The number of nitrogens with one attached hydrogen (secondary N) is 1. The maximum Gasteiger partial charge on any atom is 0.257 e. The number of imidazole rings is 1. The summed E-state index contributed by atoms with van der Waals surface area (Å²) in [5.74, 6) is 1.12. The Balaban J connectivity index is 1.51. The van der Waals surface area contributed by atoms with E-state index in [2.05, 4.69) is 10.3 Å². The number of benzene rings is 2. The molecule has 124 valence electrons. The minimum absolute atomic E-state index is 0.199. The van der Waals surface area contributed by atoms with Gasteiger partial charge in [-0.2, -0.15) is 0 Å². The number of aromatic nitrogens is 2. The topological polar surface area (TPSA) is 56.2 Å². The molecule has 0 bridgehead atoms. The second-order valence-electron chi connectivity index (χ2n) is 5.81. The lowest BCUT2D eigenvalue weighted by Crippen LogP contribution is -2.23. The molecule has 5 nitrogen and oxygen atoms in total. The van der Waals surface area contributed by atoms with Gasteiger partial charge in [-0.3, -0.25) is 10.1 Å². The quantitative estimate of drug-likeness (QED) is 0.798. The van der Waals surface area contributed by atoms with Gasteiger partial charge in [-0.15, -0.1) is 0 Å². The first kappa shape index (κ1) is 15.2. The summed E-state index contributed by atoms with van der Waals surface area (Å²) in [5.41, 5.74) is 2.63. The number of rotatable bonds is 4. The van der Waals surface area contributed by atoms with Crippen molar-refractivity contribution in [3.63, 3.8) is 0 Å². The Morgan fingerprint density at radius 3 is 2.80 bits per heavy atom. The van der Waals surface area contributed by atoms with Crippen LogP contribution < -0.4 is 10.1 Å². The Hall–Kier alpha value is -3.34. The Morgan fingerprint density at radius 1 is 1.12 bits per heavy atom. The molecule has 0 unspecified atom stereocenters. The van der Waals surface area contributed by atoms with Crippen LogP contribution in [0.4, 0.5) is 5.95 Å². The van der Waals surface area contributed by atoms with E-state index in [-0.39, 0.29) is 12.5 Å². The highest BCUT2D eigenvalue weighted by Gasteiger charge is 2.18. The van der Waals surface area contributed by atoms with Crippen LogP contribution in [0, 0.1) is 0 Å². The first-order chi connectivity index (χ1) is 12.3.